The first-order valence-corrected chi connectivity index (χ1v) is 9.94. The molecule has 0 saturated carbocycles. The molecule has 1 atom stereocenters. The SMILES string of the molecule is CCC(C)NC(=O)COc1ccc2c(=O)c(Oc3ccccc3)c(C(F)(F)F)oc2c1C. The van der Waals surface area contributed by atoms with E-state index in [0.717, 1.165) is 6.42 Å². The van der Waals surface area contributed by atoms with E-state index in [9.17, 15) is 22.8 Å². The third kappa shape index (κ3) is 5.04. The zero-order valence-corrected chi connectivity index (χ0v) is 17.7. The molecule has 0 saturated heterocycles. The van der Waals surface area contributed by atoms with Crippen molar-refractivity contribution in [2.75, 3.05) is 6.61 Å². The van der Waals surface area contributed by atoms with E-state index in [1.54, 1.807) is 18.2 Å². The molecular formula is C23H22F3NO5. The molecule has 1 amide bonds. The molecule has 0 aliphatic heterocycles. The number of carbonyl (C=O) groups is 1. The molecule has 6 nitrogen and oxygen atoms in total. The van der Waals surface area contributed by atoms with Crippen LogP contribution in [0.3, 0.4) is 0 Å². The maximum atomic E-state index is 13.7. The van der Waals surface area contributed by atoms with Crippen LogP contribution in [0.25, 0.3) is 11.0 Å². The maximum absolute atomic E-state index is 13.7. The van der Waals surface area contributed by atoms with E-state index >= 15 is 0 Å². The monoisotopic (exact) mass is 449 g/mol. The molecule has 0 radical (unpaired) electrons. The zero-order chi connectivity index (χ0) is 23.5. The number of amides is 1. The predicted molar refractivity (Wildman–Crippen MR) is 112 cm³/mol. The smallest absolute Gasteiger partial charge is 0.453 e. The fourth-order valence-electron chi connectivity index (χ4n) is 2.96. The second-order valence-electron chi connectivity index (χ2n) is 7.23. The lowest BCUT2D eigenvalue weighted by Gasteiger charge is -2.16. The number of para-hydroxylation sites is 1. The highest BCUT2D eigenvalue weighted by molar-refractivity contribution is 5.84. The lowest BCUT2D eigenvalue weighted by Crippen LogP contribution is -2.35. The molecule has 0 spiro atoms. The number of benzene rings is 2. The number of nitrogens with one attached hydrogen (secondary N) is 1. The Balaban J connectivity index is 2.02. The molecule has 1 heterocycles. The number of rotatable bonds is 7. The van der Waals surface area contributed by atoms with E-state index in [4.69, 9.17) is 13.9 Å². The van der Waals surface area contributed by atoms with Crippen LogP contribution in [0.2, 0.25) is 0 Å². The van der Waals surface area contributed by atoms with Crippen LogP contribution in [-0.2, 0) is 11.0 Å². The van der Waals surface area contributed by atoms with E-state index < -0.39 is 23.1 Å². The highest BCUT2D eigenvalue weighted by atomic mass is 19.4. The molecule has 0 fully saturated rings. The molecule has 0 aliphatic carbocycles. The molecule has 32 heavy (non-hydrogen) atoms. The third-order valence-electron chi connectivity index (χ3n) is 4.82. The Kier molecular flexibility index (Phi) is 6.76. The lowest BCUT2D eigenvalue weighted by molar-refractivity contribution is -0.154. The molecule has 1 aromatic heterocycles. The van der Waals surface area contributed by atoms with Crippen molar-refractivity contribution in [3.05, 3.63) is 64.0 Å². The first-order valence-electron chi connectivity index (χ1n) is 9.94. The lowest BCUT2D eigenvalue weighted by atomic mass is 10.1. The number of hydrogen-bond acceptors (Lipinski definition) is 5. The van der Waals surface area contributed by atoms with Gasteiger partial charge in [0.05, 0.1) is 5.39 Å². The number of aryl methyl sites for hydroxylation is 1. The quantitative estimate of drug-likeness (QED) is 0.536. The van der Waals surface area contributed by atoms with Gasteiger partial charge in [0.1, 0.15) is 17.1 Å². The van der Waals surface area contributed by atoms with Crippen molar-refractivity contribution in [3.8, 4) is 17.2 Å². The number of alkyl halides is 3. The minimum absolute atomic E-state index is 0.0424. The van der Waals surface area contributed by atoms with Gasteiger partial charge in [0, 0.05) is 11.6 Å². The van der Waals surface area contributed by atoms with Crippen LogP contribution in [0.4, 0.5) is 13.2 Å². The van der Waals surface area contributed by atoms with E-state index in [1.807, 2.05) is 13.8 Å². The summed E-state index contributed by atoms with van der Waals surface area (Å²) in [5, 5.41) is 2.62. The summed E-state index contributed by atoms with van der Waals surface area (Å²) in [5.74, 6) is -2.67. The summed E-state index contributed by atoms with van der Waals surface area (Å²) in [6.45, 7) is 4.87. The Morgan fingerprint density at radius 2 is 1.84 bits per heavy atom. The van der Waals surface area contributed by atoms with Crippen LogP contribution < -0.4 is 20.2 Å². The van der Waals surface area contributed by atoms with Gasteiger partial charge in [-0.25, -0.2) is 0 Å². The Hall–Kier alpha value is -3.49. The summed E-state index contributed by atoms with van der Waals surface area (Å²) in [6, 6.07) is 10.3. The Labute approximate surface area is 181 Å². The van der Waals surface area contributed by atoms with E-state index in [2.05, 4.69) is 5.32 Å². The second kappa shape index (κ2) is 9.33. The minimum Gasteiger partial charge on any atom is -0.483 e. The van der Waals surface area contributed by atoms with Crippen LogP contribution in [0.5, 0.6) is 17.2 Å². The second-order valence-corrected chi connectivity index (χ2v) is 7.23. The van der Waals surface area contributed by atoms with Crippen molar-refractivity contribution in [2.24, 2.45) is 0 Å². The fraction of sp³-hybridized carbons (Fsp3) is 0.304. The van der Waals surface area contributed by atoms with E-state index in [-0.39, 0.29) is 46.6 Å². The predicted octanol–water partition coefficient (Wildman–Crippen LogP) is 5.21. The fourth-order valence-corrected chi connectivity index (χ4v) is 2.96. The topological polar surface area (TPSA) is 77.8 Å². The summed E-state index contributed by atoms with van der Waals surface area (Å²) in [4.78, 5) is 24.8. The van der Waals surface area contributed by atoms with Crippen molar-refractivity contribution in [1.82, 2.24) is 5.32 Å². The van der Waals surface area contributed by atoms with Gasteiger partial charge in [0.2, 0.25) is 11.2 Å². The van der Waals surface area contributed by atoms with Gasteiger partial charge in [0.25, 0.3) is 11.7 Å². The molecule has 9 heteroatoms. The van der Waals surface area contributed by atoms with Crippen molar-refractivity contribution in [1.29, 1.82) is 0 Å². The number of carbonyl (C=O) groups excluding carboxylic acids is 1. The first kappa shape index (κ1) is 23.2. The number of ether oxygens (including phenoxy) is 2. The molecule has 1 unspecified atom stereocenters. The molecule has 3 aromatic rings. The zero-order valence-electron chi connectivity index (χ0n) is 17.7. The van der Waals surface area contributed by atoms with Crippen molar-refractivity contribution in [2.45, 2.75) is 39.4 Å². The maximum Gasteiger partial charge on any atom is 0.453 e. The van der Waals surface area contributed by atoms with Gasteiger partial charge in [-0.3, -0.25) is 9.59 Å². The van der Waals surface area contributed by atoms with E-state index in [0.29, 0.717) is 0 Å². The van der Waals surface area contributed by atoms with E-state index in [1.165, 1.54) is 31.2 Å². The summed E-state index contributed by atoms with van der Waals surface area (Å²) < 4.78 is 57.0. The van der Waals surface area contributed by atoms with Gasteiger partial charge in [-0.2, -0.15) is 13.2 Å². The first-order chi connectivity index (χ1) is 15.1. The van der Waals surface area contributed by atoms with Gasteiger partial charge in [-0.1, -0.05) is 25.1 Å². The summed E-state index contributed by atoms with van der Waals surface area (Å²) >= 11 is 0. The molecule has 0 aliphatic rings. The molecule has 3 rings (SSSR count). The third-order valence-corrected chi connectivity index (χ3v) is 4.82. The van der Waals surface area contributed by atoms with Crippen LogP contribution >= 0.6 is 0 Å². The van der Waals surface area contributed by atoms with Crippen LogP contribution in [0, 0.1) is 6.92 Å². The summed E-state index contributed by atoms with van der Waals surface area (Å²) in [5.41, 5.74) is -1.10. The molecule has 2 aromatic carbocycles. The van der Waals surface area contributed by atoms with Gasteiger partial charge in [-0.05, 0) is 44.5 Å². The number of hydrogen-bond donors (Lipinski definition) is 1. The van der Waals surface area contributed by atoms with Crippen molar-refractivity contribution < 1.29 is 31.9 Å². The van der Waals surface area contributed by atoms with Crippen molar-refractivity contribution >= 4 is 16.9 Å². The molecule has 1 N–H and O–H groups in total. The highest BCUT2D eigenvalue weighted by Gasteiger charge is 2.40. The minimum atomic E-state index is -4.98. The average Bonchev–Trinajstić information content (AvgIpc) is 2.75. The normalized spacial score (nSPS) is 12.4. The van der Waals surface area contributed by atoms with Crippen LogP contribution in [0.15, 0.2) is 51.7 Å². The summed E-state index contributed by atoms with van der Waals surface area (Å²) in [6.07, 6.45) is -4.24. The molecule has 170 valence electrons. The highest BCUT2D eigenvalue weighted by Crippen LogP contribution is 2.39. The van der Waals surface area contributed by atoms with Gasteiger partial charge >= 0.3 is 6.18 Å². The van der Waals surface area contributed by atoms with Gasteiger partial charge in [-0.15, -0.1) is 0 Å². The Bertz CT molecular complexity index is 1170. The van der Waals surface area contributed by atoms with Gasteiger partial charge < -0.3 is 19.2 Å². The Morgan fingerprint density at radius 3 is 2.47 bits per heavy atom. The Morgan fingerprint density at radius 1 is 1.16 bits per heavy atom. The molecular weight excluding hydrogens is 427 g/mol. The number of fused-ring (bicyclic) bond motifs is 1. The molecule has 0 bridgehead atoms. The largest absolute Gasteiger partial charge is 0.483 e. The summed E-state index contributed by atoms with van der Waals surface area (Å²) in [7, 11) is 0. The van der Waals surface area contributed by atoms with Crippen molar-refractivity contribution in [3.63, 3.8) is 0 Å². The van der Waals surface area contributed by atoms with Gasteiger partial charge in [0.15, 0.2) is 6.61 Å². The van der Waals surface area contributed by atoms with Crippen LogP contribution in [0.1, 0.15) is 31.6 Å². The number of halogens is 3. The standard InChI is InChI=1S/C23H22F3NO5/c1-4-13(2)27-18(28)12-30-17-11-10-16-19(29)21(31-15-8-6-5-7-9-15)22(23(24,25)26)32-20(16)14(17)3/h5-11,13H,4,12H2,1-3H3,(H,27,28). The van der Waals surface area contributed by atoms with Crippen LogP contribution in [-0.4, -0.2) is 18.6 Å². The average molecular weight is 449 g/mol.